The number of hydrogen-bond acceptors (Lipinski definition) is 3. The van der Waals surface area contributed by atoms with Gasteiger partial charge >= 0.3 is 5.97 Å². The van der Waals surface area contributed by atoms with E-state index in [1.807, 2.05) is 66.7 Å². The van der Waals surface area contributed by atoms with Gasteiger partial charge in [0.15, 0.2) is 0 Å². The van der Waals surface area contributed by atoms with Crippen molar-refractivity contribution in [3.05, 3.63) is 108 Å². The third-order valence-corrected chi connectivity index (χ3v) is 7.49. The quantitative estimate of drug-likeness (QED) is 0.445. The van der Waals surface area contributed by atoms with E-state index in [0.29, 0.717) is 13.0 Å². The van der Waals surface area contributed by atoms with Crippen LogP contribution in [0.1, 0.15) is 35.4 Å². The van der Waals surface area contributed by atoms with E-state index in [0.717, 1.165) is 29.7 Å². The maximum atomic E-state index is 13.8. The van der Waals surface area contributed by atoms with Crippen LogP contribution >= 0.6 is 11.8 Å². The Morgan fingerprint density at radius 3 is 1.97 bits per heavy atom. The summed E-state index contributed by atoms with van der Waals surface area (Å²) in [7, 11) is 0. The average Bonchev–Trinajstić information content (AvgIpc) is 3.29. The molecule has 3 aromatic rings. The standard InChI is InChI=1S/C28H29NO3S/c30-27(26(22-14-6-2-7-15-22)23-16-8-3-9-17-23)29-20-24(19-25(29)28(31)32)33-18-10-13-21-11-4-1-5-12-21/h1-9,11-12,14-17,24-26H,10,13,18-20H2,(H,31,32). The molecule has 1 amide bonds. The lowest BCUT2D eigenvalue weighted by molar-refractivity contribution is -0.148. The molecule has 0 radical (unpaired) electrons. The smallest absolute Gasteiger partial charge is 0.326 e. The van der Waals surface area contributed by atoms with E-state index in [-0.39, 0.29) is 11.2 Å². The summed E-state index contributed by atoms with van der Waals surface area (Å²) in [4.78, 5) is 27.4. The summed E-state index contributed by atoms with van der Waals surface area (Å²) in [5.74, 6) is -0.603. The highest BCUT2D eigenvalue weighted by atomic mass is 32.2. The highest BCUT2D eigenvalue weighted by Crippen LogP contribution is 2.34. The number of aliphatic carboxylic acids is 1. The third kappa shape index (κ3) is 5.85. The number of carbonyl (C=O) groups is 2. The Labute approximate surface area is 199 Å². The van der Waals surface area contributed by atoms with Crippen LogP contribution in [-0.2, 0) is 16.0 Å². The molecule has 0 bridgehead atoms. The van der Waals surface area contributed by atoms with Gasteiger partial charge in [0, 0.05) is 11.8 Å². The molecule has 1 N–H and O–H groups in total. The van der Waals surface area contributed by atoms with Gasteiger partial charge in [-0.3, -0.25) is 4.79 Å². The van der Waals surface area contributed by atoms with Gasteiger partial charge < -0.3 is 10.0 Å². The predicted octanol–water partition coefficient (Wildman–Crippen LogP) is 5.24. The van der Waals surface area contributed by atoms with Gasteiger partial charge in [0.05, 0.1) is 5.92 Å². The van der Waals surface area contributed by atoms with E-state index in [2.05, 4.69) is 24.3 Å². The summed E-state index contributed by atoms with van der Waals surface area (Å²) in [5.41, 5.74) is 3.09. The number of carboxylic acids is 1. The van der Waals surface area contributed by atoms with Crippen LogP contribution in [0.15, 0.2) is 91.0 Å². The highest BCUT2D eigenvalue weighted by Gasteiger charge is 2.42. The number of likely N-dealkylation sites (tertiary alicyclic amines) is 1. The van der Waals surface area contributed by atoms with Crippen molar-refractivity contribution in [2.24, 2.45) is 0 Å². The minimum absolute atomic E-state index is 0.132. The van der Waals surface area contributed by atoms with Gasteiger partial charge in [-0.2, -0.15) is 11.8 Å². The van der Waals surface area contributed by atoms with Crippen molar-refractivity contribution in [2.75, 3.05) is 12.3 Å². The number of amides is 1. The second kappa shape index (κ2) is 11.2. The highest BCUT2D eigenvalue weighted by molar-refractivity contribution is 7.99. The maximum Gasteiger partial charge on any atom is 0.326 e. The molecular weight excluding hydrogens is 430 g/mol. The number of thioether (sulfide) groups is 1. The molecule has 4 nitrogen and oxygen atoms in total. The van der Waals surface area contributed by atoms with Gasteiger partial charge in [-0.05, 0) is 41.7 Å². The molecule has 1 fully saturated rings. The lowest BCUT2D eigenvalue weighted by atomic mass is 9.90. The number of aryl methyl sites for hydroxylation is 1. The average molecular weight is 460 g/mol. The fourth-order valence-corrected chi connectivity index (χ4v) is 5.73. The Kier molecular flexibility index (Phi) is 7.84. The number of hydrogen-bond donors (Lipinski definition) is 1. The largest absolute Gasteiger partial charge is 0.480 e. The fraction of sp³-hybridized carbons (Fsp3) is 0.286. The van der Waals surface area contributed by atoms with E-state index in [4.69, 9.17) is 0 Å². The minimum Gasteiger partial charge on any atom is -0.480 e. The molecule has 3 aromatic carbocycles. The van der Waals surface area contributed by atoms with E-state index in [1.54, 1.807) is 16.7 Å². The van der Waals surface area contributed by atoms with Crippen LogP contribution in [0.4, 0.5) is 0 Å². The third-order valence-electron chi connectivity index (χ3n) is 6.15. The molecule has 170 valence electrons. The lowest BCUT2D eigenvalue weighted by Gasteiger charge is -2.27. The molecule has 0 spiro atoms. The number of benzene rings is 3. The topological polar surface area (TPSA) is 57.6 Å². The molecule has 1 aliphatic rings. The molecule has 0 saturated carbocycles. The predicted molar refractivity (Wildman–Crippen MR) is 133 cm³/mol. The first-order valence-electron chi connectivity index (χ1n) is 11.4. The van der Waals surface area contributed by atoms with Crippen LogP contribution < -0.4 is 0 Å². The molecule has 33 heavy (non-hydrogen) atoms. The number of carbonyl (C=O) groups excluding carboxylic acids is 1. The monoisotopic (exact) mass is 459 g/mol. The molecule has 1 heterocycles. The van der Waals surface area contributed by atoms with Crippen LogP contribution in [0.5, 0.6) is 0 Å². The summed E-state index contributed by atoms with van der Waals surface area (Å²) in [6, 6.07) is 28.9. The van der Waals surface area contributed by atoms with Gasteiger partial charge in [-0.1, -0.05) is 91.0 Å². The van der Waals surface area contributed by atoms with Crippen molar-refractivity contribution >= 4 is 23.6 Å². The Hall–Kier alpha value is -3.05. The molecular formula is C28H29NO3S. The second-order valence-electron chi connectivity index (χ2n) is 8.42. The van der Waals surface area contributed by atoms with E-state index in [9.17, 15) is 14.7 Å². The van der Waals surface area contributed by atoms with Crippen molar-refractivity contribution in [1.82, 2.24) is 4.90 Å². The van der Waals surface area contributed by atoms with E-state index in [1.165, 1.54) is 5.56 Å². The molecule has 1 saturated heterocycles. The van der Waals surface area contributed by atoms with Crippen LogP contribution in [0.2, 0.25) is 0 Å². The van der Waals surface area contributed by atoms with Gasteiger partial charge in [0.2, 0.25) is 5.91 Å². The zero-order valence-electron chi connectivity index (χ0n) is 18.5. The van der Waals surface area contributed by atoms with Crippen molar-refractivity contribution in [2.45, 2.75) is 36.5 Å². The summed E-state index contributed by atoms with van der Waals surface area (Å²) in [5, 5.41) is 10.0. The Morgan fingerprint density at radius 1 is 0.879 bits per heavy atom. The van der Waals surface area contributed by atoms with Crippen LogP contribution in [-0.4, -0.2) is 45.5 Å². The molecule has 1 aliphatic heterocycles. The Balaban J connectivity index is 1.46. The molecule has 4 rings (SSSR count). The number of carboxylic acid groups (broad SMARTS) is 1. The summed E-state index contributed by atoms with van der Waals surface area (Å²) < 4.78 is 0. The van der Waals surface area contributed by atoms with Crippen molar-refractivity contribution in [3.8, 4) is 0 Å². The second-order valence-corrected chi connectivity index (χ2v) is 9.82. The van der Waals surface area contributed by atoms with Crippen molar-refractivity contribution in [1.29, 1.82) is 0 Å². The van der Waals surface area contributed by atoms with Gasteiger partial charge in [0.1, 0.15) is 6.04 Å². The van der Waals surface area contributed by atoms with Crippen LogP contribution in [0.25, 0.3) is 0 Å². The Bertz CT molecular complexity index is 1000. The number of rotatable bonds is 9. The fourth-order valence-electron chi connectivity index (χ4n) is 4.50. The van der Waals surface area contributed by atoms with E-state index < -0.39 is 17.9 Å². The van der Waals surface area contributed by atoms with Gasteiger partial charge in [0.25, 0.3) is 0 Å². The first kappa shape index (κ1) is 23.1. The van der Waals surface area contributed by atoms with E-state index >= 15 is 0 Å². The summed E-state index contributed by atoms with van der Waals surface area (Å²) >= 11 is 1.79. The van der Waals surface area contributed by atoms with Gasteiger partial charge in [-0.25, -0.2) is 4.79 Å². The van der Waals surface area contributed by atoms with Crippen molar-refractivity contribution in [3.63, 3.8) is 0 Å². The molecule has 2 unspecified atom stereocenters. The normalized spacial score (nSPS) is 17.9. The molecule has 2 atom stereocenters. The first-order chi connectivity index (χ1) is 16.1. The zero-order valence-corrected chi connectivity index (χ0v) is 19.4. The number of nitrogens with zero attached hydrogens (tertiary/aromatic N) is 1. The van der Waals surface area contributed by atoms with Crippen molar-refractivity contribution < 1.29 is 14.7 Å². The maximum absolute atomic E-state index is 13.8. The molecule has 5 heteroatoms. The Morgan fingerprint density at radius 2 is 1.42 bits per heavy atom. The summed E-state index contributed by atoms with van der Waals surface area (Å²) in [6.07, 6.45) is 2.54. The minimum atomic E-state index is -0.921. The molecule has 0 aliphatic carbocycles. The SMILES string of the molecule is O=C(O)C1CC(SCCCc2ccccc2)CN1C(=O)C(c1ccccc1)c1ccccc1. The lowest BCUT2D eigenvalue weighted by Crippen LogP contribution is -2.43. The zero-order chi connectivity index (χ0) is 23.0. The molecule has 0 aromatic heterocycles. The van der Waals surface area contributed by atoms with Gasteiger partial charge in [-0.15, -0.1) is 0 Å². The summed E-state index contributed by atoms with van der Waals surface area (Å²) in [6.45, 7) is 0.474. The van der Waals surface area contributed by atoms with Crippen LogP contribution in [0.3, 0.4) is 0 Å². The first-order valence-corrected chi connectivity index (χ1v) is 12.5. The van der Waals surface area contributed by atoms with Crippen LogP contribution in [0, 0.1) is 0 Å².